The second kappa shape index (κ2) is 7.05. The first-order chi connectivity index (χ1) is 10.0. The van der Waals surface area contributed by atoms with E-state index in [0.717, 1.165) is 22.9 Å². The topological polar surface area (TPSA) is 48.1 Å². The van der Waals surface area contributed by atoms with Crippen molar-refractivity contribution >= 4 is 11.3 Å². The number of rotatable bonds is 6. The van der Waals surface area contributed by atoms with Crippen LogP contribution < -0.4 is 10.5 Å². The van der Waals surface area contributed by atoms with Gasteiger partial charge in [-0.05, 0) is 37.0 Å². The van der Waals surface area contributed by atoms with Gasteiger partial charge < -0.3 is 10.5 Å². The van der Waals surface area contributed by atoms with E-state index in [1.165, 1.54) is 16.0 Å². The van der Waals surface area contributed by atoms with E-state index in [2.05, 4.69) is 44.0 Å². The van der Waals surface area contributed by atoms with Gasteiger partial charge in [0.15, 0.2) is 0 Å². The number of hydrogen-bond acceptors (Lipinski definition) is 4. The van der Waals surface area contributed by atoms with Crippen molar-refractivity contribution in [3.8, 4) is 5.75 Å². The normalized spacial score (nSPS) is 11.1. The van der Waals surface area contributed by atoms with E-state index < -0.39 is 0 Å². The highest BCUT2D eigenvalue weighted by Crippen LogP contribution is 2.27. The molecule has 21 heavy (non-hydrogen) atoms. The van der Waals surface area contributed by atoms with E-state index >= 15 is 0 Å². The third-order valence-corrected chi connectivity index (χ3v) is 4.73. The molecule has 0 atom stereocenters. The van der Waals surface area contributed by atoms with Crippen LogP contribution in [0.4, 0.5) is 0 Å². The van der Waals surface area contributed by atoms with Gasteiger partial charge in [-0.1, -0.05) is 26.0 Å². The van der Waals surface area contributed by atoms with Crippen LogP contribution in [0.25, 0.3) is 0 Å². The second-order valence-corrected chi connectivity index (χ2v) is 6.78. The van der Waals surface area contributed by atoms with Crippen LogP contribution in [0.1, 0.15) is 46.5 Å². The lowest BCUT2D eigenvalue weighted by molar-refractivity contribution is 0.317. The fourth-order valence-corrected chi connectivity index (χ4v) is 3.21. The molecule has 0 saturated carbocycles. The number of nitrogens with two attached hydrogens (primary N) is 1. The van der Waals surface area contributed by atoms with E-state index in [0.29, 0.717) is 19.1 Å². The minimum atomic E-state index is 0.464. The lowest BCUT2D eigenvalue weighted by atomic mass is 10.0. The van der Waals surface area contributed by atoms with Crippen molar-refractivity contribution in [1.82, 2.24) is 4.98 Å². The Morgan fingerprint density at radius 1 is 1.29 bits per heavy atom. The summed E-state index contributed by atoms with van der Waals surface area (Å²) in [5, 5.41) is 1.10. The van der Waals surface area contributed by atoms with Crippen molar-refractivity contribution in [2.45, 2.75) is 46.6 Å². The fourth-order valence-electron chi connectivity index (χ4n) is 2.28. The molecule has 2 N–H and O–H groups in total. The Bertz CT molecular complexity index is 605. The molecule has 1 aromatic heterocycles. The number of ether oxygens (including phenoxy) is 1. The summed E-state index contributed by atoms with van der Waals surface area (Å²) in [5.74, 6) is 1.46. The first-order valence-corrected chi connectivity index (χ1v) is 8.21. The zero-order valence-electron chi connectivity index (χ0n) is 13.3. The molecule has 1 aromatic carbocycles. The average Bonchev–Trinajstić information content (AvgIpc) is 2.79. The van der Waals surface area contributed by atoms with E-state index in [4.69, 9.17) is 10.5 Å². The van der Waals surface area contributed by atoms with Gasteiger partial charge in [0.2, 0.25) is 0 Å². The van der Waals surface area contributed by atoms with Crippen LogP contribution in [0.2, 0.25) is 0 Å². The first-order valence-electron chi connectivity index (χ1n) is 7.40. The molecule has 3 nitrogen and oxygen atoms in total. The minimum Gasteiger partial charge on any atom is -0.493 e. The van der Waals surface area contributed by atoms with Crippen LogP contribution in [-0.2, 0) is 13.0 Å². The predicted molar refractivity (Wildman–Crippen MR) is 89.2 cm³/mol. The summed E-state index contributed by atoms with van der Waals surface area (Å²) < 4.78 is 6.00. The van der Waals surface area contributed by atoms with Crippen LogP contribution in [-0.4, -0.2) is 11.6 Å². The SMILES string of the molecule is Cc1ccc(C(C)C)c(OCCc2nc(C)c(CN)s2)c1. The van der Waals surface area contributed by atoms with Gasteiger partial charge in [0.25, 0.3) is 0 Å². The largest absolute Gasteiger partial charge is 0.493 e. The molecule has 2 rings (SSSR count). The fraction of sp³-hybridized carbons (Fsp3) is 0.471. The van der Waals surface area contributed by atoms with Gasteiger partial charge in [-0.15, -0.1) is 11.3 Å². The summed E-state index contributed by atoms with van der Waals surface area (Å²) in [5.41, 5.74) is 9.23. The molecule has 4 heteroatoms. The molecule has 1 heterocycles. The number of aryl methyl sites for hydroxylation is 2. The molecule has 0 spiro atoms. The monoisotopic (exact) mass is 304 g/mol. The Balaban J connectivity index is 2.01. The standard InChI is InChI=1S/C17H24N2OS/c1-11(2)14-6-5-12(3)9-15(14)20-8-7-17-19-13(4)16(10-18)21-17/h5-6,9,11H,7-8,10,18H2,1-4H3. The Morgan fingerprint density at radius 3 is 2.67 bits per heavy atom. The molecule has 2 aromatic rings. The molecule has 0 bridgehead atoms. The third-order valence-electron chi connectivity index (χ3n) is 3.49. The highest BCUT2D eigenvalue weighted by molar-refractivity contribution is 7.11. The van der Waals surface area contributed by atoms with Gasteiger partial charge in [-0.3, -0.25) is 0 Å². The zero-order valence-corrected chi connectivity index (χ0v) is 14.1. The summed E-state index contributed by atoms with van der Waals surface area (Å²) in [4.78, 5) is 5.72. The lowest BCUT2D eigenvalue weighted by Crippen LogP contribution is -2.04. The van der Waals surface area contributed by atoms with Crippen LogP contribution in [0.5, 0.6) is 5.75 Å². The maximum Gasteiger partial charge on any atom is 0.123 e. The highest BCUT2D eigenvalue weighted by atomic mass is 32.1. The Morgan fingerprint density at radius 2 is 2.05 bits per heavy atom. The van der Waals surface area contributed by atoms with Gasteiger partial charge >= 0.3 is 0 Å². The molecular weight excluding hydrogens is 280 g/mol. The highest BCUT2D eigenvalue weighted by Gasteiger charge is 2.10. The summed E-state index contributed by atoms with van der Waals surface area (Å²) >= 11 is 1.69. The maximum atomic E-state index is 6.00. The quantitative estimate of drug-likeness (QED) is 0.878. The number of benzene rings is 1. The number of nitrogens with zero attached hydrogens (tertiary/aromatic N) is 1. The Hall–Kier alpha value is -1.39. The number of hydrogen-bond donors (Lipinski definition) is 1. The molecule has 0 radical (unpaired) electrons. The zero-order chi connectivity index (χ0) is 15.4. The number of thiazole rings is 1. The Labute approximate surface area is 131 Å². The van der Waals surface area contributed by atoms with Gasteiger partial charge in [-0.25, -0.2) is 4.98 Å². The van der Waals surface area contributed by atoms with E-state index in [9.17, 15) is 0 Å². The van der Waals surface area contributed by atoms with Crippen LogP contribution in [0.15, 0.2) is 18.2 Å². The van der Waals surface area contributed by atoms with Crippen molar-refractivity contribution < 1.29 is 4.74 Å². The van der Waals surface area contributed by atoms with E-state index in [-0.39, 0.29) is 0 Å². The van der Waals surface area contributed by atoms with Gasteiger partial charge in [0.05, 0.1) is 17.3 Å². The summed E-state index contributed by atoms with van der Waals surface area (Å²) in [6.07, 6.45) is 0.830. The van der Waals surface area contributed by atoms with Crippen LogP contribution in [0.3, 0.4) is 0 Å². The smallest absolute Gasteiger partial charge is 0.123 e. The van der Waals surface area contributed by atoms with Crippen molar-refractivity contribution in [2.24, 2.45) is 5.73 Å². The first kappa shape index (κ1) is 16.0. The van der Waals surface area contributed by atoms with Gasteiger partial charge in [-0.2, -0.15) is 0 Å². The van der Waals surface area contributed by atoms with Gasteiger partial charge in [0.1, 0.15) is 5.75 Å². The van der Waals surface area contributed by atoms with Crippen molar-refractivity contribution in [3.05, 3.63) is 44.9 Å². The van der Waals surface area contributed by atoms with Crippen molar-refractivity contribution in [2.75, 3.05) is 6.61 Å². The van der Waals surface area contributed by atoms with Crippen LogP contribution >= 0.6 is 11.3 Å². The molecule has 0 unspecified atom stereocenters. The summed E-state index contributed by atoms with van der Waals surface area (Å²) in [6.45, 7) is 9.71. The third kappa shape index (κ3) is 4.05. The minimum absolute atomic E-state index is 0.464. The summed E-state index contributed by atoms with van der Waals surface area (Å²) in [7, 11) is 0. The molecule has 0 aliphatic carbocycles. The molecule has 0 amide bonds. The maximum absolute atomic E-state index is 6.00. The second-order valence-electron chi connectivity index (χ2n) is 5.61. The number of aromatic nitrogens is 1. The van der Waals surface area contributed by atoms with Crippen molar-refractivity contribution in [3.63, 3.8) is 0 Å². The molecule has 0 aliphatic rings. The lowest BCUT2D eigenvalue weighted by Gasteiger charge is -2.14. The van der Waals surface area contributed by atoms with E-state index in [1.807, 2.05) is 6.92 Å². The molecule has 0 saturated heterocycles. The molecule has 0 fully saturated rings. The van der Waals surface area contributed by atoms with Crippen LogP contribution in [0, 0.1) is 13.8 Å². The van der Waals surface area contributed by atoms with E-state index in [1.54, 1.807) is 11.3 Å². The predicted octanol–water partition coefficient (Wildman–Crippen LogP) is 3.96. The molecule has 114 valence electrons. The molecule has 0 aliphatic heterocycles. The van der Waals surface area contributed by atoms with Crippen molar-refractivity contribution in [1.29, 1.82) is 0 Å². The molecular formula is C17H24N2OS. The average molecular weight is 304 g/mol. The van der Waals surface area contributed by atoms with Gasteiger partial charge in [0, 0.05) is 17.8 Å². The summed E-state index contributed by atoms with van der Waals surface area (Å²) in [6, 6.07) is 6.42. The Kier molecular flexibility index (Phi) is 5.37.